The molecule has 0 amide bonds. The zero-order chi connectivity index (χ0) is 19.6. The van der Waals surface area contributed by atoms with Crippen LogP contribution in [0.5, 0.6) is 0 Å². The molecule has 1 saturated heterocycles. The number of piperidine rings is 1. The molecule has 0 saturated carbocycles. The number of carbonyl (C=O) groups is 2. The third-order valence-corrected chi connectivity index (χ3v) is 7.06. The van der Waals surface area contributed by atoms with Crippen molar-refractivity contribution in [1.29, 1.82) is 0 Å². The summed E-state index contributed by atoms with van der Waals surface area (Å²) in [5.74, 6) is -1.00. The van der Waals surface area contributed by atoms with Crippen molar-refractivity contribution in [3.8, 4) is 0 Å². The van der Waals surface area contributed by atoms with Crippen molar-refractivity contribution in [3.63, 3.8) is 0 Å². The van der Waals surface area contributed by atoms with Gasteiger partial charge in [0.2, 0.25) is 10.0 Å². The maximum absolute atomic E-state index is 13.0. The molecule has 0 aromatic heterocycles. The summed E-state index contributed by atoms with van der Waals surface area (Å²) in [6.45, 7) is 9.00. The van der Waals surface area contributed by atoms with Gasteiger partial charge in [-0.25, -0.2) is 8.42 Å². The fourth-order valence-corrected chi connectivity index (χ4v) is 5.27. The molecular weight excluding hydrogens is 354 g/mol. The predicted octanol–water partition coefficient (Wildman–Crippen LogP) is 2.53. The maximum atomic E-state index is 13.0. The van der Waals surface area contributed by atoms with Crippen LogP contribution in [0.25, 0.3) is 0 Å². The molecule has 26 heavy (non-hydrogen) atoms. The van der Waals surface area contributed by atoms with E-state index in [2.05, 4.69) is 0 Å². The zero-order valence-electron chi connectivity index (χ0n) is 16.0. The fraction of sp³-hybridized carbons (Fsp3) is 0.579. The third-order valence-electron chi connectivity index (χ3n) is 4.86. The number of sulfonamides is 1. The van der Waals surface area contributed by atoms with E-state index in [1.165, 1.54) is 11.2 Å². The van der Waals surface area contributed by atoms with E-state index in [-0.39, 0.29) is 24.8 Å². The lowest BCUT2D eigenvalue weighted by molar-refractivity contribution is -0.158. The Morgan fingerprint density at radius 1 is 1.12 bits per heavy atom. The normalized spacial score (nSPS) is 17.7. The first kappa shape index (κ1) is 20.6. The highest BCUT2D eigenvalue weighted by Crippen LogP contribution is 2.29. The molecule has 1 unspecified atom stereocenters. The van der Waals surface area contributed by atoms with Crippen LogP contribution in [0.4, 0.5) is 0 Å². The standard InChI is InChI=1S/C19H27NO5S/c1-12-10-13(2)18(14(3)11-12)26(23,24)20-8-6-17(7-9-20)19(22)25-16(5)15(4)21/h10-11,16-17H,6-9H2,1-5H3. The van der Waals surface area contributed by atoms with Crippen molar-refractivity contribution in [2.75, 3.05) is 13.1 Å². The van der Waals surface area contributed by atoms with Gasteiger partial charge in [0.1, 0.15) is 0 Å². The van der Waals surface area contributed by atoms with Crippen LogP contribution in [0.3, 0.4) is 0 Å². The van der Waals surface area contributed by atoms with Crippen molar-refractivity contribution in [2.45, 2.75) is 58.5 Å². The lowest BCUT2D eigenvalue weighted by Gasteiger charge is -2.31. The SMILES string of the molecule is CC(=O)C(C)OC(=O)C1CCN(S(=O)(=O)c2c(C)cc(C)cc2C)CC1. The minimum atomic E-state index is -3.60. The highest BCUT2D eigenvalue weighted by atomic mass is 32.2. The maximum Gasteiger partial charge on any atom is 0.309 e. The van der Waals surface area contributed by atoms with Gasteiger partial charge in [-0.05, 0) is 58.6 Å². The average molecular weight is 381 g/mol. The Morgan fingerprint density at radius 3 is 2.08 bits per heavy atom. The van der Waals surface area contributed by atoms with Gasteiger partial charge < -0.3 is 4.74 Å². The van der Waals surface area contributed by atoms with Crippen LogP contribution in [0, 0.1) is 26.7 Å². The van der Waals surface area contributed by atoms with Crippen molar-refractivity contribution < 1.29 is 22.7 Å². The van der Waals surface area contributed by atoms with E-state index in [1.807, 2.05) is 19.1 Å². The second-order valence-corrected chi connectivity index (χ2v) is 8.97. The van der Waals surface area contributed by atoms with Gasteiger partial charge >= 0.3 is 5.97 Å². The van der Waals surface area contributed by atoms with Crippen LogP contribution in [-0.4, -0.2) is 43.7 Å². The molecule has 2 rings (SSSR count). The van der Waals surface area contributed by atoms with E-state index < -0.39 is 22.1 Å². The van der Waals surface area contributed by atoms with E-state index in [0.717, 1.165) is 16.7 Å². The molecule has 6 nitrogen and oxygen atoms in total. The highest BCUT2D eigenvalue weighted by molar-refractivity contribution is 7.89. The molecule has 1 aromatic rings. The van der Waals surface area contributed by atoms with Crippen LogP contribution in [-0.2, 0) is 24.3 Å². The molecule has 1 fully saturated rings. The summed E-state index contributed by atoms with van der Waals surface area (Å²) in [6.07, 6.45) is 0.0290. The number of ether oxygens (including phenoxy) is 1. The molecular formula is C19H27NO5S. The number of esters is 1. The summed E-state index contributed by atoms with van der Waals surface area (Å²) < 4.78 is 32.7. The number of carbonyl (C=O) groups excluding carboxylic acids is 2. The number of aryl methyl sites for hydroxylation is 3. The lowest BCUT2D eigenvalue weighted by atomic mass is 9.98. The summed E-state index contributed by atoms with van der Waals surface area (Å²) in [5, 5.41) is 0. The summed E-state index contributed by atoms with van der Waals surface area (Å²) in [7, 11) is -3.60. The largest absolute Gasteiger partial charge is 0.454 e. The molecule has 0 spiro atoms. The Kier molecular flexibility index (Phi) is 6.24. The Balaban J connectivity index is 2.10. The quantitative estimate of drug-likeness (QED) is 0.732. The van der Waals surface area contributed by atoms with Crippen LogP contribution < -0.4 is 0 Å². The zero-order valence-corrected chi connectivity index (χ0v) is 16.9. The molecule has 1 atom stereocenters. The van der Waals surface area contributed by atoms with Crippen molar-refractivity contribution in [1.82, 2.24) is 4.31 Å². The highest BCUT2D eigenvalue weighted by Gasteiger charge is 2.34. The van der Waals surface area contributed by atoms with E-state index in [0.29, 0.717) is 17.7 Å². The molecule has 1 aliphatic rings. The van der Waals surface area contributed by atoms with Crippen LogP contribution in [0.15, 0.2) is 17.0 Å². The molecule has 1 aromatic carbocycles. The Labute approximate surface area is 155 Å². The number of benzene rings is 1. The van der Waals surface area contributed by atoms with Crippen LogP contribution >= 0.6 is 0 Å². The summed E-state index contributed by atoms with van der Waals surface area (Å²) in [4.78, 5) is 23.7. The van der Waals surface area contributed by atoms with Crippen molar-refractivity contribution >= 4 is 21.8 Å². The first-order valence-electron chi connectivity index (χ1n) is 8.83. The monoisotopic (exact) mass is 381 g/mol. The van der Waals surface area contributed by atoms with E-state index in [4.69, 9.17) is 4.74 Å². The van der Waals surface area contributed by atoms with Gasteiger partial charge in [-0.3, -0.25) is 9.59 Å². The second-order valence-electron chi connectivity index (χ2n) is 7.10. The topological polar surface area (TPSA) is 80.8 Å². The molecule has 0 aliphatic carbocycles. The fourth-order valence-electron chi connectivity index (χ4n) is 3.39. The number of hydrogen-bond acceptors (Lipinski definition) is 5. The van der Waals surface area contributed by atoms with Crippen molar-refractivity contribution in [3.05, 3.63) is 28.8 Å². The van der Waals surface area contributed by atoms with Crippen LogP contribution in [0.1, 0.15) is 43.4 Å². The smallest absolute Gasteiger partial charge is 0.309 e. The van der Waals surface area contributed by atoms with Gasteiger partial charge in [0.15, 0.2) is 11.9 Å². The van der Waals surface area contributed by atoms with E-state index in [9.17, 15) is 18.0 Å². The molecule has 1 aliphatic heterocycles. The van der Waals surface area contributed by atoms with E-state index >= 15 is 0 Å². The van der Waals surface area contributed by atoms with Crippen molar-refractivity contribution in [2.24, 2.45) is 5.92 Å². The first-order valence-corrected chi connectivity index (χ1v) is 10.3. The third kappa shape index (κ3) is 4.32. The molecule has 144 valence electrons. The van der Waals surface area contributed by atoms with Crippen LogP contribution in [0.2, 0.25) is 0 Å². The van der Waals surface area contributed by atoms with Gasteiger partial charge in [-0.1, -0.05) is 17.7 Å². The number of rotatable bonds is 5. The second kappa shape index (κ2) is 7.88. The Hall–Kier alpha value is -1.73. The van der Waals surface area contributed by atoms with Gasteiger partial charge in [-0.15, -0.1) is 0 Å². The number of Topliss-reactive ketones (excluding diaryl/α,β-unsaturated/α-hetero) is 1. The average Bonchev–Trinajstić information content (AvgIpc) is 2.53. The lowest BCUT2D eigenvalue weighted by Crippen LogP contribution is -2.41. The van der Waals surface area contributed by atoms with E-state index in [1.54, 1.807) is 20.8 Å². The summed E-state index contributed by atoms with van der Waals surface area (Å²) in [5.41, 5.74) is 2.50. The molecule has 1 heterocycles. The van der Waals surface area contributed by atoms with Gasteiger partial charge in [0.05, 0.1) is 10.8 Å². The minimum absolute atomic E-state index is 0.205. The van der Waals surface area contributed by atoms with Gasteiger partial charge in [0, 0.05) is 13.1 Å². The number of nitrogens with zero attached hydrogens (tertiary/aromatic N) is 1. The summed E-state index contributed by atoms with van der Waals surface area (Å²) in [6, 6.07) is 3.74. The first-order chi connectivity index (χ1) is 12.0. The van der Waals surface area contributed by atoms with Gasteiger partial charge in [0.25, 0.3) is 0 Å². The molecule has 0 radical (unpaired) electrons. The number of hydrogen-bond donors (Lipinski definition) is 0. The molecule has 0 N–H and O–H groups in total. The summed E-state index contributed by atoms with van der Waals surface area (Å²) >= 11 is 0. The Bertz CT molecular complexity index is 784. The predicted molar refractivity (Wildman–Crippen MR) is 98.4 cm³/mol. The molecule has 7 heteroatoms. The minimum Gasteiger partial charge on any atom is -0.454 e. The molecule has 0 bridgehead atoms. The van der Waals surface area contributed by atoms with Gasteiger partial charge in [-0.2, -0.15) is 4.31 Å². The Morgan fingerprint density at radius 2 is 1.62 bits per heavy atom. The number of ketones is 1.